The minimum atomic E-state index is 0.188. The van der Waals surface area contributed by atoms with Crippen molar-refractivity contribution in [1.82, 2.24) is 0 Å². The molecular weight excluding hydrogens is 302 g/mol. The summed E-state index contributed by atoms with van der Waals surface area (Å²) in [5.41, 5.74) is 4.23. The van der Waals surface area contributed by atoms with E-state index >= 15 is 0 Å². The van der Waals surface area contributed by atoms with Gasteiger partial charge in [0.1, 0.15) is 0 Å². The van der Waals surface area contributed by atoms with Gasteiger partial charge in [-0.3, -0.25) is 0 Å². The fourth-order valence-corrected chi connectivity index (χ4v) is 4.09. The van der Waals surface area contributed by atoms with Gasteiger partial charge in [-0.2, -0.15) is 0 Å². The first kappa shape index (κ1) is 17.8. The van der Waals surface area contributed by atoms with Crippen LogP contribution >= 0.6 is 0 Å². The van der Waals surface area contributed by atoms with Crippen molar-refractivity contribution in [3.8, 4) is 0 Å². The summed E-state index contributed by atoms with van der Waals surface area (Å²) < 4.78 is 0. The van der Waals surface area contributed by atoms with Gasteiger partial charge in [-0.25, -0.2) is 0 Å². The monoisotopic (exact) mass is 333 g/mol. The normalized spacial score (nSPS) is 14.3. The summed E-state index contributed by atoms with van der Waals surface area (Å²) >= 11 is 0. The Morgan fingerprint density at radius 2 is 1.36 bits per heavy atom. The molecule has 132 valence electrons. The van der Waals surface area contributed by atoms with Gasteiger partial charge >= 0.3 is 0 Å². The Bertz CT molecular complexity index is 848. The standard InChI is InChI=1S/C24H31N/c1-23(2,3)17-24(4,5)20-11-14-21(15-12-20)25-22-13-10-18-8-6-7-9-19(18)16-22/h8-16,25H,6-7,17H2,1-5H3. The minimum absolute atomic E-state index is 0.188. The fraction of sp³-hybridized carbons (Fsp3) is 0.417. The molecule has 0 bridgehead atoms. The summed E-state index contributed by atoms with van der Waals surface area (Å²) in [6.07, 6.45) is 8.13. The topological polar surface area (TPSA) is 12.0 Å². The number of anilines is 2. The third-order valence-electron chi connectivity index (χ3n) is 4.91. The summed E-state index contributed by atoms with van der Waals surface area (Å²) in [6, 6.07) is 15.6. The average Bonchev–Trinajstić information content (AvgIpc) is 2.53. The molecule has 1 aliphatic rings. The van der Waals surface area contributed by atoms with E-state index in [0.717, 1.165) is 24.2 Å². The SMILES string of the molecule is CC(C)(C)CC(C)(C)c1ccc(Nc2ccc3c(c2)=CCCC=3)cc1. The first-order chi connectivity index (χ1) is 11.7. The zero-order valence-electron chi connectivity index (χ0n) is 16.3. The molecule has 2 aromatic rings. The molecule has 0 radical (unpaired) electrons. The van der Waals surface area contributed by atoms with E-state index in [1.54, 1.807) is 0 Å². The summed E-state index contributed by atoms with van der Waals surface area (Å²) in [7, 11) is 0. The molecule has 0 heterocycles. The maximum Gasteiger partial charge on any atom is 0.0390 e. The summed E-state index contributed by atoms with van der Waals surface area (Å²) in [6.45, 7) is 11.6. The predicted molar refractivity (Wildman–Crippen MR) is 111 cm³/mol. The number of benzene rings is 2. The highest BCUT2D eigenvalue weighted by atomic mass is 14.9. The van der Waals surface area contributed by atoms with E-state index in [0.29, 0.717) is 5.41 Å². The fourth-order valence-electron chi connectivity index (χ4n) is 4.09. The Balaban J connectivity index is 1.77. The van der Waals surface area contributed by atoms with E-state index in [1.165, 1.54) is 22.4 Å². The number of nitrogens with one attached hydrogen (secondary N) is 1. The van der Waals surface area contributed by atoms with Crippen LogP contribution in [0.5, 0.6) is 0 Å². The maximum atomic E-state index is 3.55. The summed E-state index contributed by atoms with van der Waals surface area (Å²) in [5.74, 6) is 0. The molecule has 0 saturated heterocycles. The Kier molecular flexibility index (Phi) is 4.77. The second-order valence-corrected chi connectivity index (χ2v) is 9.15. The van der Waals surface area contributed by atoms with Crippen LogP contribution in [0.1, 0.15) is 59.4 Å². The van der Waals surface area contributed by atoms with Gasteiger partial charge in [0.25, 0.3) is 0 Å². The van der Waals surface area contributed by atoms with E-state index in [-0.39, 0.29) is 5.41 Å². The van der Waals surface area contributed by atoms with Crippen molar-refractivity contribution in [2.45, 2.75) is 59.3 Å². The molecular formula is C24H31N. The molecule has 3 rings (SSSR count). The van der Waals surface area contributed by atoms with E-state index in [4.69, 9.17) is 0 Å². The van der Waals surface area contributed by atoms with Crippen LogP contribution in [0, 0.1) is 5.41 Å². The van der Waals surface area contributed by atoms with Crippen LogP contribution in [0.4, 0.5) is 11.4 Å². The molecule has 0 atom stereocenters. The zero-order chi connectivity index (χ0) is 18.1. The molecule has 2 aromatic carbocycles. The molecule has 25 heavy (non-hydrogen) atoms. The van der Waals surface area contributed by atoms with Crippen LogP contribution in [0.15, 0.2) is 42.5 Å². The molecule has 1 N–H and O–H groups in total. The predicted octanol–water partition coefficient (Wildman–Crippen LogP) is 5.50. The molecule has 1 nitrogen and oxygen atoms in total. The first-order valence-electron chi connectivity index (χ1n) is 9.41. The van der Waals surface area contributed by atoms with Crippen LogP contribution in [-0.4, -0.2) is 0 Å². The van der Waals surface area contributed by atoms with Crippen LogP contribution in [0.2, 0.25) is 0 Å². The third kappa shape index (κ3) is 4.54. The number of fused-ring (bicyclic) bond motifs is 1. The van der Waals surface area contributed by atoms with Gasteiger partial charge in [-0.15, -0.1) is 0 Å². The van der Waals surface area contributed by atoms with Crippen LogP contribution in [0.3, 0.4) is 0 Å². The van der Waals surface area contributed by atoms with Gasteiger partial charge in [0.05, 0.1) is 0 Å². The second-order valence-electron chi connectivity index (χ2n) is 9.15. The van der Waals surface area contributed by atoms with Gasteiger partial charge < -0.3 is 5.32 Å². The molecule has 0 fully saturated rings. The van der Waals surface area contributed by atoms with Crippen molar-refractivity contribution in [1.29, 1.82) is 0 Å². The zero-order valence-corrected chi connectivity index (χ0v) is 16.3. The maximum absolute atomic E-state index is 3.55. The lowest BCUT2D eigenvalue weighted by Crippen LogP contribution is -2.26. The number of rotatable bonds is 4. The Morgan fingerprint density at radius 3 is 2.00 bits per heavy atom. The lowest BCUT2D eigenvalue weighted by molar-refractivity contribution is 0.284. The van der Waals surface area contributed by atoms with Gasteiger partial charge in [0.2, 0.25) is 0 Å². The van der Waals surface area contributed by atoms with Crippen LogP contribution < -0.4 is 15.8 Å². The lowest BCUT2D eigenvalue weighted by Gasteiger charge is -2.33. The van der Waals surface area contributed by atoms with Crippen LogP contribution in [0.25, 0.3) is 12.2 Å². The average molecular weight is 334 g/mol. The minimum Gasteiger partial charge on any atom is -0.356 e. The summed E-state index contributed by atoms with van der Waals surface area (Å²) in [5, 5.41) is 6.25. The van der Waals surface area contributed by atoms with Gasteiger partial charge in [0, 0.05) is 11.4 Å². The molecule has 1 heteroatoms. The molecule has 0 aliphatic heterocycles. The smallest absolute Gasteiger partial charge is 0.0390 e. The van der Waals surface area contributed by atoms with E-state index in [1.807, 2.05) is 0 Å². The van der Waals surface area contributed by atoms with E-state index in [9.17, 15) is 0 Å². The van der Waals surface area contributed by atoms with Crippen LogP contribution in [-0.2, 0) is 5.41 Å². The van der Waals surface area contributed by atoms with Crippen molar-refractivity contribution in [2.24, 2.45) is 5.41 Å². The third-order valence-corrected chi connectivity index (χ3v) is 4.91. The Morgan fingerprint density at radius 1 is 0.760 bits per heavy atom. The van der Waals surface area contributed by atoms with E-state index in [2.05, 4.69) is 94.6 Å². The van der Waals surface area contributed by atoms with Crippen molar-refractivity contribution < 1.29 is 0 Å². The van der Waals surface area contributed by atoms with Crippen molar-refractivity contribution in [3.05, 3.63) is 58.5 Å². The molecule has 1 aliphatic carbocycles. The Labute approximate surface area is 152 Å². The second kappa shape index (κ2) is 6.71. The highest BCUT2D eigenvalue weighted by Crippen LogP contribution is 2.36. The quantitative estimate of drug-likeness (QED) is 0.779. The highest BCUT2D eigenvalue weighted by molar-refractivity contribution is 5.61. The van der Waals surface area contributed by atoms with Crippen molar-refractivity contribution >= 4 is 23.5 Å². The molecule has 0 aromatic heterocycles. The lowest BCUT2D eigenvalue weighted by atomic mass is 9.72. The van der Waals surface area contributed by atoms with Crippen molar-refractivity contribution in [2.75, 3.05) is 5.32 Å². The van der Waals surface area contributed by atoms with Gasteiger partial charge in [-0.1, -0.05) is 65.0 Å². The van der Waals surface area contributed by atoms with E-state index < -0.39 is 0 Å². The molecule has 0 unspecified atom stereocenters. The van der Waals surface area contributed by atoms with Gasteiger partial charge in [-0.05, 0) is 70.4 Å². The number of hydrogen-bond acceptors (Lipinski definition) is 1. The molecule has 0 amide bonds. The first-order valence-corrected chi connectivity index (χ1v) is 9.41. The molecule has 0 spiro atoms. The number of hydrogen-bond donors (Lipinski definition) is 1. The Hall–Kier alpha value is -2.02. The highest BCUT2D eigenvalue weighted by Gasteiger charge is 2.27. The largest absolute Gasteiger partial charge is 0.356 e. The summed E-state index contributed by atoms with van der Waals surface area (Å²) in [4.78, 5) is 0. The van der Waals surface area contributed by atoms with Gasteiger partial charge in [0.15, 0.2) is 0 Å². The van der Waals surface area contributed by atoms with Crippen molar-refractivity contribution in [3.63, 3.8) is 0 Å². The molecule has 0 saturated carbocycles.